The molecule has 0 fully saturated rings. The van der Waals surface area contributed by atoms with Gasteiger partial charge in [-0.05, 0) is 0 Å². The number of aromatic nitrogens is 2. The van der Waals surface area contributed by atoms with E-state index < -0.39 is 6.16 Å². The molecule has 1 N–H and O–H groups in total. The fraction of sp³-hybridized carbons (Fsp3) is 0. The molecule has 0 amide bonds. The van der Waals surface area contributed by atoms with Crippen LogP contribution in [-0.2, 0) is 0 Å². The minimum Gasteiger partial charge on any atom is -0.449 e. The summed E-state index contributed by atoms with van der Waals surface area (Å²) in [5.41, 5.74) is 1.49. The maximum atomic E-state index is 10.3. The molecule has 2 aromatic rings. The van der Waals surface area contributed by atoms with Gasteiger partial charge in [-0.15, -0.1) is 0 Å². The molecule has 0 saturated carbocycles. The van der Waals surface area contributed by atoms with Gasteiger partial charge in [0, 0.05) is 11.6 Å². The zero-order valence-electron chi connectivity index (χ0n) is 8.20. The lowest BCUT2D eigenvalue weighted by Gasteiger charge is -2.02. The van der Waals surface area contributed by atoms with Crippen molar-refractivity contribution in [2.24, 2.45) is 0 Å². The maximum absolute atomic E-state index is 10.3. The smallest absolute Gasteiger partial charge is 0.449 e. The first-order valence-corrected chi connectivity index (χ1v) is 4.54. The second-order valence-electron chi connectivity index (χ2n) is 2.98. The molecular weight excluding hydrogens is 208 g/mol. The fourth-order valence-electron chi connectivity index (χ4n) is 1.25. The first kappa shape index (κ1) is 10.1. The summed E-state index contributed by atoms with van der Waals surface area (Å²) in [6.07, 6.45) is -0.127. The van der Waals surface area contributed by atoms with Crippen molar-refractivity contribution in [3.8, 4) is 17.1 Å². The van der Waals surface area contributed by atoms with Crippen LogP contribution in [0.3, 0.4) is 0 Å². The molecule has 0 aliphatic rings. The Morgan fingerprint density at radius 1 is 1.19 bits per heavy atom. The third-order valence-electron chi connectivity index (χ3n) is 1.90. The normalized spacial score (nSPS) is 9.75. The van der Waals surface area contributed by atoms with E-state index in [1.165, 1.54) is 12.4 Å². The van der Waals surface area contributed by atoms with Gasteiger partial charge in [-0.1, -0.05) is 30.3 Å². The van der Waals surface area contributed by atoms with E-state index in [4.69, 9.17) is 5.11 Å². The van der Waals surface area contributed by atoms with E-state index in [9.17, 15) is 4.79 Å². The number of hydrogen-bond acceptors (Lipinski definition) is 4. The van der Waals surface area contributed by atoms with E-state index in [0.717, 1.165) is 5.56 Å². The first-order chi connectivity index (χ1) is 7.75. The molecule has 0 aliphatic carbocycles. The number of ether oxygens (including phenoxy) is 1. The van der Waals surface area contributed by atoms with Crippen LogP contribution in [0.5, 0.6) is 5.88 Å². The van der Waals surface area contributed by atoms with Crippen molar-refractivity contribution in [2.45, 2.75) is 0 Å². The van der Waals surface area contributed by atoms with Gasteiger partial charge >= 0.3 is 6.16 Å². The van der Waals surface area contributed by atoms with Gasteiger partial charge in [0.15, 0.2) is 0 Å². The summed E-state index contributed by atoms with van der Waals surface area (Å²) in [6.45, 7) is 0. The first-order valence-electron chi connectivity index (χ1n) is 4.54. The zero-order valence-corrected chi connectivity index (χ0v) is 8.20. The van der Waals surface area contributed by atoms with Crippen molar-refractivity contribution in [3.05, 3.63) is 42.7 Å². The van der Waals surface area contributed by atoms with Crippen molar-refractivity contribution in [1.29, 1.82) is 0 Å². The lowest BCUT2D eigenvalue weighted by molar-refractivity contribution is 0.142. The molecule has 5 nitrogen and oxygen atoms in total. The Morgan fingerprint density at radius 2 is 1.94 bits per heavy atom. The van der Waals surface area contributed by atoms with Crippen molar-refractivity contribution in [2.75, 3.05) is 0 Å². The molecule has 0 radical (unpaired) electrons. The summed E-state index contributed by atoms with van der Waals surface area (Å²) in [6, 6.07) is 10.8. The predicted octanol–water partition coefficient (Wildman–Crippen LogP) is 2.20. The highest BCUT2D eigenvalue weighted by Crippen LogP contribution is 2.18. The molecule has 5 heteroatoms. The molecule has 1 aromatic carbocycles. The average molecular weight is 216 g/mol. The number of nitrogens with zero attached hydrogens (tertiary/aromatic N) is 2. The Labute approximate surface area is 91.4 Å². The molecule has 0 saturated heterocycles. The molecule has 0 aliphatic heterocycles. The number of benzene rings is 1. The molecule has 1 heterocycles. The van der Waals surface area contributed by atoms with Gasteiger partial charge in [0.1, 0.15) is 6.33 Å². The van der Waals surface area contributed by atoms with E-state index in [1.54, 1.807) is 0 Å². The molecule has 80 valence electrons. The van der Waals surface area contributed by atoms with E-state index in [1.807, 2.05) is 30.3 Å². The molecule has 0 atom stereocenters. The minimum atomic E-state index is -1.39. The fourth-order valence-corrected chi connectivity index (χ4v) is 1.25. The van der Waals surface area contributed by atoms with Gasteiger partial charge in [0.2, 0.25) is 5.88 Å². The predicted molar refractivity (Wildman–Crippen MR) is 56.1 cm³/mol. The van der Waals surface area contributed by atoms with Crippen LogP contribution in [0.2, 0.25) is 0 Å². The van der Waals surface area contributed by atoms with E-state index in [0.29, 0.717) is 5.69 Å². The third-order valence-corrected chi connectivity index (χ3v) is 1.90. The van der Waals surface area contributed by atoms with E-state index in [-0.39, 0.29) is 5.88 Å². The Bertz CT molecular complexity index is 500. The largest absolute Gasteiger partial charge is 0.512 e. The van der Waals surface area contributed by atoms with E-state index >= 15 is 0 Å². The highest BCUT2D eigenvalue weighted by atomic mass is 16.7. The van der Waals surface area contributed by atoms with Crippen molar-refractivity contribution in [3.63, 3.8) is 0 Å². The van der Waals surface area contributed by atoms with Gasteiger partial charge in [0.25, 0.3) is 0 Å². The summed E-state index contributed by atoms with van der Waals surface area (Å²) in [5.74, 6) is 0.0151. The van der Waals surface area contributed by atoms with Gasteiger partial charge in [-0.3, -0.25) is 0 Å². The Morgan fingerprint density at radius 3 is 2.62 bits per heavy atom. The van der Waals surface area contributed by atoms with Crippen LogP contribution in [0, 0.1) is 0 Å². The Balaban J connectivity index is 2.33. The maximum Gasteiger partial charge on any atom is 0.512 e. The summed E-state index contributed by atoms with van der Waals surface area (Å²) < 4.78 is 4.44. The lowest BCUT2D eigenvalue weighted by atomic mass is 10.1. The van der Waals surface area contributed by atoms with Crippen LogP contribution in [0.25, 0.3) is 11.3 Å². The van der Waals surface area contributed by atoms with Crippen LogP contribution in [0.4, 0.5) is 4.79 Å². The van der Waals surface area contributed by atoms with Crippen LogP contribution in [0.15, 0.2) is 42.7 Å². The zero-order chi connectivity index (χ0) is 11.4. The van der Waals surface area contributed by atoms with Crippen LogP contribution in [0.1, 0.15) is 0 Å². The number of carboxylic acid groups (broad SMARTS) is 1. The molecule has 0 spiro atoms. The second-order valence-corrected chi connectivity index (χ2v) is 2.98. The van der Waals surface area contributed by atoms with Gasteiger partial charge in [-0.25, -0.2) is 14.8 Å². The SMILES string of the molecule is O=C(O)Oc1cc(-c2ccccc2)ncn1. The highest BCUT2D eigenvalue weighted by Gasteiger charge is 2.05. The number of carbonyl (C=O) groups is 1. The summed E-state index contributed by atoms with van der Waals surface area (Å²) in [4.78, 5) is 18.1. The van der Waals surface area contributed by atoms with Crippen LogP contribution >= 0.6 is 0 Å². The second kappa shape index (κ2) is 4.39. The molecule has 0 bridgehead atoms. The van der Waals surface area contributed by atoms with E-state index in [2.05, 4.69) is 14.7 Å². The average Bonchev–Trinajstić information content (AvgIpc) is 2.30. The molecular formula is C11H8N2O3. The van der Waals surface area contributed by atoms with Crippen molar-refractivity contribution in [1.82, 2.24) is 9.97 Å². The summed E-state index contributed by atoms with van der Waals surface area (Å²) >= 11 is 0. The monoisotopic (exact) mass is 216 g/mol. The quantitative estimate of drug-likeness (QED) is 0.779. The van der Waals surface area contributed by atoms with Crippen LogP contribution in [-0.4, -0.2) is 21.2 Å². The number of hydrogen-bond donors (Lipinski definition) is 1. The standard InChI is InChI=1S/C11H8N2O3/c14-11(15)16-10-6-9(12-7-13-10)8-4-2-1-3-5-8/h1-7H,(H,14,15). The molecule has 0 unspecified atom stereocenters. The molecule has 16 heavy (non-hydrogen) atoms. The third kappa shape index (κ3) is 2.33. The van der Waals surface area contributed by atoms with Gasteiger partial charge in [-0.2, -0.15) is 0 Å². The Kier molecular flexibility index (Phi) is 2.77. The Hall–Kier alpha value is -2.43. The lowest BCUT2D eigenvalue weighted by Crippen LogP contribution is -2.04. The highest BCUT2D eigenvalue weighted by molar-refractivity contribution is 5.63. The topological polar surface area (TPSA) is 72.3 Å². The van der Waals surface area contributed by atoms with Crippen molar-refractivity contribution < 1.29 is 14.6 Å². The van der Waals surface area contributed by atoms with Crippen molar-refractivity contribution >= 4 is 6.16 Å². The van der Waals surface area contributed by atoms with Gasteiger partial charge in [0.05, 0.1) is 5.69 Å². The minimum absolute atomic E-state index is 0.0151. The summed E-state index contributed by atoms with van der Waals surface area (Å²) in [5, 5.41) is 8.45. The summed E-state index contributed by atoms with van der Waals surface area (Å²) in [7, 11) is 0. The van der Waals surface area contributed by atoms with Crippen LogP contribution < -0.4 is 4.74 Å². The number of rotatable bonds is 2. The molecule has 2 rings (SSSR count). The van der Waals surface area contributed by atoms with Gasteiger partial charge < -0.3 is 9.84 Å². The molecule has 1 aromatic heterocycles.